The SMILES string of the molecule is CCCN1[C@H]2CC[C@H]1CC(C(=O)Nc1ccc(-n3cnc4ccccc43)cc1)C2. The summed E-state index contributed by atoms with van der Waals surface area (Å²) < 4.78 is 2.07. The number of amides is 1. The van der Waals surface area contributed by atoms with Crippen LogP contribution in [0.1, 0.15) is 39.0 Å². The molecule has 3 aromatic rings. The maximum atomic E-state index is 12.9. The number of hydrogen-bond acceptors (Lipinski definition) is 3. The first-order valence-electron chi connectivity index (χ1n) is 10.8. The van der Waals surface area contributed by atoms with Crippen molar-refractivity contribution in [3.05, 3.63) is 54.9 Å². The van der Waals surface area contributed by atoms with Crippen molar-refractivity contribution in [1.29, 1.82) is 0 Å². The molecule has 3 heterocycles. The lowest BCUT2D eigenvalue weighted by Gasteiger charge is -2.38. The number of anilines is 1. The van der Waals surface area contributed by atoms with Crippen LogP contribution in [0.3, 0.4) is 0 Å². The molecule has 2 aliphatic rings. The molecule has 2 saturated heterocycles. The Morgan fingerprint density at radius 2 is 1.79 bits per heavy atom. The van der Waals surface area contributed by atoms with Crippen molar-refractivity contribution < 1.29 is 4.79 Å². The van der Waals surface area contributed by atoms with Gasteiger partial charge in [0.1, 0.15) is 6.33 Å². The molecule has 1 N–H and O–H groups in total. The maximum Gasteiger partial charge on any atom is 0.227 e. The third-order valence-corrected chi connectivity index (χ3v) is 6.60. The molecule has 0 radical (unpaired) electrons. The van der Waals surface area contributed by atoms with Gasteiger partial charge in [-0.1, -0.05) is 19.1 Å². The van der Waals surface area contributed by atoms with E-state index in [9.17, 15) is 4.79 Å². The van der Waals surface area contributed by atoms with E-state index < -0.39 is 0 Å². The van der Waals surface area contributed by atoms with E-state index in [1.807, 2.05) is 48.8 Å². The third-order valence-electron chi connectivity index (χ3n) is 6.60. The predicted molar refractivity (Wildman–Crippen MR) is 116 cm³/mol. The van der Waals surface area contributed by atoms with Gasteiger partial charge in [0.05, 0.1) is 11.0 Å². The van der Waals surface area contributed by atoms with E-state index in [0.29, 0.717) is 12.1 Å². The number of imidazole rings is 1. The van der Waals surface area contributed by atoms with Gasteiger partial charge in [-0.05, 0) is 75.0 Å². The van der Waals surface area contributed by atoms with Crippen molar-refractivity contribution in [1.82, 2.24) is 14.5 Å². The second-order valence-corrected chi connectivity index (χ2v) is 8.43. The van der Waals surface area contributed by atoms with Crippen molar-refractivity contribution in [2.45, 2.75) is 51.1 Å². The van der Waals surface area contributed by atoms with E-state index in [-0.39, 0.29) is 11.8 Å². The van der Waals surface area contributed by atoms with Gasteiger partial charge in [0.2, 0.25) is 5.91 Å². The Kier molecular flexibility index (Phi) is 4.84. The second-order valence-electron chi connectivity index (χ2n) is 8.43. The van der Waals surface area contributed by atoms with E-state index in [1.165, 1.54) is 25.8 Å². The number of para-hydroxylation sites is 2. The lowest BCUT2D eigenvalue weighted by Crippen LogP contribution is -2.45. The van der Waals surface area contributed by atoms with Gasteiger partial charge in [0, 0.05) is 29.4 Å². The molecule has 29 heavy (non-hydrogen) atoms. The fraction of sp³-hybridized carbons (Fsp3) is 0.417. The van der Waals surface area contributed by atoms with E-state index in [1.54, 1.807) is 0 Å². The summed E-state index contributed by atoms with van der Waals surface area (Å²) in [6, 6.07) is 17.4. The minimum Gasteiger partial charge on any atom is -0.326 e. The smallest absolute Gasteiger partial charge is 0.227 e. The number of piperidine rings is 1. The van der Waals surface area contributed by atoms with Crippen LogP contribution >= 0.6 is 0 Å². The summed E-state index contributed by atoms with van der Waals surface area (Å²) in [7, 11) is 0. The van der Waals surface area contributed by atoms with Gasteiger partial charge in [-0.3, -0.25) is 14.3 Å². The number of fused-ring (bicyclic) bond motifs is 3. The number of benzene rings is 2. The Bertz CT molecular complexity index is 995. The molecule has 0 unspecified atom stereocenters. The van der Waals surface area contributed by atoms with Gasteiger partial charge in [0.25, 0.3) is 0 Å². The van der Waals surface area contributed by atoms with E-state index >= 15 is 0 Å². The Balaban J connectivity index is 1.26. The normalized spacial score (nSPS) is 24.1. The van der Waals surface area contributed by atoms with Crippen LogP contribution in [0.4, 0.5) is 5.69 Å². The lowest BCUT2D eigenvalue weighted by atomic mass is 9.89. The molecule has 2 bridgehead atoms. The number of carbonyl (C=O) groups excluding carboxylic acids is 1. The van der Waals surface area contributed by atoms with Crippen LogP contribution in [0.25, 0.3) is 16.7 Å². The first-order valence-corrected chi connectivity index (χ1v) is 10.8. The minimum absolute atomic E-state index is 0.137. The summed E-state index contributed by atoms with van der Waals surface area (Å²) in [5, 5.41) is 3.15. The zero-order chi connectivity index (χ0) is 19.8. The number of nitrogens with one attached hydrogen (secondary N) is 1. The average molecular weight is 389 g/mol. The molecule has 5 heteroatoms. The molecule has 2 fully saturated rings. The molecule has 5 nitrogen and oxygen atoms in total. The molecule has 0 aliphatic carbocycles. The molecule has 2 aromatic carbocycles. The van der Waals surface area contributed by atoms with Gasteiger partial charge in [0.15, 0.2) is 0 Å². The molecule has 150 valence electrons. The molecule has 2 atom stereocenters. The molecule has 1 aromatic heterocycles. The highest BCUT2D eigenvalue weighted by Gasteiger charge is 2.42. The van der Waals surface area contributed by atoms with Crippen molar-refractivity contribution in [3.8, 4) is 5.69 Å². The topological polar surface area (TPSA) is 50.2 Å². The van der Waals surface area contributed by atoms with Gasteiger partial charge in [-0.2, -0.15) is 0 Å². The van der Waals surface area contributed by atoms with Crippen LogP contribution in [0.2, 0.25) is 0 Å². The highest BCUT2D eigenvalue weighted by molar-refractivity contribution is 5.92. The molecule has 5 rings (SSSR count). The lowest BCUT2D eigenvalue weighted by molar-refractivity contribution is -0.122. The highest BCUT2D eigenvalue weighted by atomic mass is 16.1. The van der Waals surface area contributed by atoms with Crippen LogP contribution < -0.4 is 5.32 Å². The number of nitrogens with zero attached hydrogens (tertiary/aromatic N) is 3. The van der Waals surface area contributed by atoms with E-state index in [4.69, 9.17) is 0 Å². The molecule has 0 spiro atoms. The number of carbonyl (C=O) groups is 1. The fourth-order valence-electron chi connectivity index (χ4n) is 5.23. The molecule has 0 saturated carbocycles. The second kappa shape index (κ2) is 7.64. The molecule has 2 aliphatic heterocycles. The summed E-state index contributed by atoms with van der Waals surface area (Å²) in [6.45, 7) is 3.42. The van der Waals surface area contributed by atoms with Crippen LogP contribution in [-0.4, -0.2) is 39.0 Å². The van der Waals surface area contributed by atoms with E-state index in [0.717, 1.165) is 35.2 Å². The van der Waals surface area contributed by atoms with Crippen LogP contribution in [0.5, 0.6) is 0 Å². The molecular weight excluding hydrogens is 360 g/mol. The van der Waals surface area contributed by atoms with Gasteiger partial charge in [-0.25, -0.2) is 4.98 Å². The number of hydrogen-bond donors (Lipinski definition) is 1. The number of rotatable bonds is 5. The fourth-order valence-corrected chi connectivity index (χ4v) is 5.23. The summed E-state index contributed by atoms with van der Waals surface area (Å²) in [6.07, 6.45) is 7.55. The Labute approximate surface area is 171 Å². The minimum atomic E-state index is 0.137. The summed E-state index contributed by atoms with van der Waals surface area (Å²) in [5.74, 6) is 0.316. The summed E-state index contributed by atoms with van der Waals surface area (Å²) in [5.41, 5.74) is 3.97. The molecule has 1 amide bonds. The van der Waals surface area contributed by atoms with Crippen molar-refractivity contribution in [2.24, 2.45) is 5.92 Å². The van der Waals surface area contributed by atoms with Crippen molar-refractivity contribution in [3.63, 3.8) is 0 Å². The van der Waals surface area contributed by atoms with Gasteiger partial charge >= 0.3 is 0 Å². The van der Waals surface area contributed by atoms with Crippen LogP contribution in [0.15, 0.2) is 54.9 Å². The van der Waals surface area contributed by atoms with Crippen LogP contribution in [-0.2, 0) is 4.79 Å². The molecular formula is C24H28N4O. The standard InChI is InChI=1S/C24H28N4O/c1-2-13-27-20-11-12-21(27)15-17(14-20)24(29)26-18-7-9-19(10-8-18)28-16-25-22-5-3-4-6-23(22)28/h3-10,16-17,20-21H,2,11-15H2,1H3,(H,26,29)/t20-,21-/m0/s1. The van der Waals surface area contributed by atoms with Gasteiger partial charge in [-0.15, -0.1) is 0 Å². The van der Waals surface area contributed by atoms with Crippen molar-refractivity contribution >= 4 is 22.6 Å². The summed E-state index contributed by atoms with van der Waals surface area (Å²) >= 11 is 0. The zero-order valence-electron chi connectivity index (χ0n) is 16.9. The first kappa shape index (κ1) is 18.4. The largest absolute Gasteiger partial charge is 0.326 e. The van der Waals surface area contributed by atoms with Crippen molar-refractivity contribution in [2.75, 3.05) is 11.9 Å². The van der Waals surface area contributed by atoms with Crippen LogP contribution in [0, 0.1) is 5.92 Å². The predicted octanol–water partition coefficient (Wildman–Crippen LogP) is 4.62. The average Bonchev–Trinajstić information content (AvgIpc) is 3.26. The third kappa shape index (κ3) is 3.44. The first-order chi connectivity index (χ1) is 14.2. The highest BCUT2D eigenvalue weighted by Crippen LogP contribution is 2.39. The quantitative estimate of drug-likeness (QED) is 0.694. The maximum absolute atomic E-state index is 12.9. The Morgan fingerprint density at radius 3 is 2.52 bits per heavy atom. The number of aromatic nitrogens is 2. The monoisotopic (exact) mass is 388 g/mol. The Hall–Kier alpha value is -2.66. The zero-order valence-corrected chi connectivity index (χ0v) is 16.9. The Morgan fingerprint density at radius 1 is 1.07 bits per heavy atom. The van der Waals surface area contributed by atoms with E-state index in [2.05, 4.69) is 32.8 Å². The van der Waals surface area contributed by atoms with Gasteiger partial charge < -0.3 is 5.32 Å². The summed E-state index contributed by atoms with van der Waals surface area (Å²) in [4.78, 5) is 20.0.